The molecule has 0 fully saturated rings. The normalized spacial score (nSPS) is 15.8. The van der Waals surface area contributed by atoms with Crippen LogP contribution in [0, 0.1) is 12.2 Å². The van der Waals surface area contributed by atoms with Gasteiger partial charge in [0.1, 0.15) is 0 Å². The maximum atomic E-state index is 3.12. The van der Waals surface area contributed by atoms with Gasteiger partial charge in [0.25, 0.3) is 0 Å². The van der Waals surface area contributed by atoms with E-state index in [4.69, 9.17) is 0 Å². The van der Waals surface area contributed by atoms with Crippen LogP contribution < -0.4 is 34.0 Å². The third-order valence-corrected chi connectivity index (χ3v) is 2.73. The summed E-state index contributed by atoms with van der Waals surface area (Å²) in [7, 11) is 0. The van der Waals surface area contributed by atoms with Crippen molar-refractivity contribution in [2.75, 3.05) is 0 Å². The van der Waals surface area contributed by atoms with Gasteiger partial charge in [0, 0.05) is 0 Å². The summed E-state index contributed by atoms with van der Waals surface area (Å²) in [6.45, 7) is 8.48. The van der Waals surface area contributed by atoms with Crippen molar-refractivity contribution < 1.29 is 55.7 Å². The monoisotopic (exact) mass is 392 g/mol. The molecule has 0 radical (unpaired) electrons. The first-order valence-corrected chi connectivity index (χ1v) is 5.10. The zero-order chi connectivity index (χ0) is 10.6. The largest absolute Gasteiger partial charge is 4.00 e. The van der Waals surface area contributed by atoms with E-state index in [9.17, 15) is 0 Å². The van der Waals surface area contributed by atoms with E-state index in [1.54, 1.807) is 0 Å². The number of hydrogen-bond donors (Lipinski definition) is 0. The van der Waals surface area contributed by atoms with Gasteiger partial charge in [-0.3, -0.25) is 12.2 Å². The van der Waals surface area contributed by atoms with Gasteiger partial charge in [0.15, 0.2) is 0 Å². The molecule has 0 N–H and O–H groups in total. The van der Waals surface area contributed by atoms with Crippen LogP contribution in [0.5, 0.6) is 0 Å². The quantitative estimate of drug-likeness (QED) is 0.336. The van der Waals surface area contributed by atoms with Gasteiger partial charge in [-0.05, 0) is 0 Å². The third-order valence-electron chi connectivity index (χ3n) is 2.73. The zero-order valence-electron chi connectivity index (χ0n) is 10.8. The van der Waals surface area contributed by atoms with Crippen molar-refractivity contribution in [2.45, 2.75) is 40.5 Å². The second-order valence-electron chi connectivity index (χ2n) is 3.92. The van der Waals surface area contributed by atoms with E-state index in [-0.39, 0.29) is 55.7 Å². The Kier molecular flexibility index (Phi) is 15.7. The minimum Gasteiger partial charge on any atom is -1.00 e. The maximum absolute atomic E-state index is 3.12. The summed E-state index contributed by atoms with van der Waals surface area (Å²) in [5.41, 5.74) is 5.56. The van der Waals surface area contributed by atoms with Crippen molar-refractivity contribution in [1.82, 2.24) is 0 Å². The molecule has 0 unspecified atom stereocenters. The minimum atomic E-state index is 0. The van der Waals surface area contributed by atoms with Gasteiger partial charge < -0.3 is 34.0 Å². The van der Waals surface area contributed by atoms with Crippen LogP contribution >= 0.6 is 0 Å². The van der Waals surface area contributed by atoms with Crippen molar-refractivity contribution in [3.8, 4) is 0 Å². The van der Waals surface area contributed by atoms with Crippen LogP contribution in [0.15, 0.2) is 34.4 Å². The van der Waals surface area contributed by atoms with E-state index in [0.717, 1.165) is 12.8 Å². The van der Waals surface area contributed by atoms with Gasteiger partial charge in [-0.25, -0.2) is 22.3 Å². The molecular formula is C14H18Br2Ti. The molecule has 92 valence electrons. The molecule has 0 aromatic carbocycles. The smallest absolute Gasteiger partial charge is 1.00 e. The first-order chi connectivity index (χ1) is 6.61. The molecule has 0 aromatic heterocycles. The average molecular weight is 394 g/mol. The van der Waals surface area contributed by atoms with Crippen molar-refractivity contribution in [2.24, 2.45) is 0 Å². The van der Waals surface area contributed by atoms with Gasteiger partial charge in [-0.2, -0.15) is 12.2 Å². The van der Waals surface area contributed by atoms with E-state index >= 15 is 0 Å². The molecule has 0 aliphatic heterocycles. The summed E-state index contributed by atoms with van der Waals surface area (Å²) in [6, 6.07) is 0. The fourth-order valence-electron chi connectivity index (χ4n) is 1.27. The van der Waals surface area contributed by atoms with Crippen LogP contribution in [0.3, 0.4) is 0 Å². The predicted octanol–water partition coefficient (Wildman–Crippen LogP) is -1.82. The Morgan fingerprint density at radius 3 is 1.12 bits per heavy atom. The number of rotatable bonds is 0. The number of hydrogen-bond acceptors (Lipinski definition) is 0. The molecule has 2 aliphatic rings. The van der Waals surface area contributed by atoms with Crippen molar-refractivity contribution >= 4 is 0 Å². The summed E-state index contributed by atoms with van der Waals surface area (Å²) >= 11 is 0. The number of halogens is 2. The van der Waals surface area contributed by atoms with Gasteiger partial charge in [-0.15, -0.1) is 13.8 Å². The van der Waals surface area contributed by atoms with E-state index in [1.165, 1.54) is 22.3 Å². The Bertz CT molecular complexity index is 302. The van der Waals surface area contributed by atoms with Gasteiger partial charge in [-0.1, -0.05) is 26.7 Å². The molecule has 3 heteroatoms. The van der Waals surface area contributed by atoms with Gasteiger partial charge in [0.2, 0.25) is 0 Å². The molecule has 0 spiro atoms. The van der Waals surface area contributed by atoms with Crippen molar-refractivity contribution in [3.63, 3.8) is 0 Å². The van der Waals surface area contributed by atoms with Crippen LogP contribution in [-0.4, -0.2) is 0 Å². The fraction of sp³-hybridized carbons (Fsp3) is 0.429. The molecule has 0 aromatic rings. The summed E-state index contributed by atoms with van der Waals surface area (Å²) in [4.78, 5) is 0. The average Bonchev–Trinajstić information content (AvgIpc) is 2.67. The van der Waals surface area contributed by atoms with Crippen LogP contribution in [0.2, 0.25) is 0 Å². The maximum Gasteiger partial charge on any atom is 4.00 e. The molecule has 17 heavy (non-hydrogen) atoms. The van der Waals surface area contributed by atoms with Crippen LogP contribution in [0.1, 0.15) is 40.5 Å². The second kappa shape index (κ2) is 11.7. The minimum absolute atomic E-state index is 0. The Balaban J connectivity index is -0.000000196. The van der Waals surface area contributed by atoms with E-state index < -0.39 is 0 Å². The summed E-state index contributed by atoms with van der Waals surface area (Å²) in [5.74, 6) is 0. The zero-order valence-corrected chi connectivity index (χ0v) is 15.6. The molecular weight excluding hydrogens is 376 g/mol. The van der Waals surface area contributed by atoms with Crippen LogP contribution in [-0.2, 0) is 21.7 Å². The molecule has 0 saturated heterocycles. The Labute approximate surface area is 142 Å². The van der Waals surface area contributed by atoms with Crippen molar-refractivity contribution in [3.05, 3.63) is 46.6 Å². The van der Waals surface area contributed by atoms with E-state index in [2.05, 4.69) is 52.0 Å². The molecule has 2 rings (SSSR count). The SMILES string of the molecule is CC1=C(C)CC=[C-]1.CC1=C(C)CC=[C-]1.[Br-].[Br-].[Ti+4]. The van der Waals surface area contributed by atoms with Crippen LogP contribution in [0.4, 0.5) is 0 Å². The van der Waals surface area contributed by atoms with Crippen LogP contribution in [0.25, 0.3) is 0 Å². The van der Waals surface area contributed by atoms with E-state index in [0.29, 0.717) is 0 Å². The molecule has 0 nitrogen and oxygen atoms in total. The van der Waals surface area contributed by atoms with E-state index in [1.807, 2.05) is 0 Å². The first kappa shape index (κ1) is 22.8. The molecule has 2 aliphatic carbocycles. The summed E-state index contributed by atoms with van der Waals surface area (Å²) < 4.78 is 0. The second-order valence-corrected chi connectivity index (χ2v) is 3.92. The Morgan fingerprint density at radius 2 is 1.06 bits per heavy atom. The van der Waals surface area contributed by atoms with Crippen molar-refractivity contribution in [1.29, 1.82) is 0 Å². The Morgan fingerprint density at radius 1 is 0.765 bits per heavy atom. The van der Waals surface area contributed by atoms with Gasteiger partial charge in [0.05, 0.1) is 0 Å². The third kappa shape index (κ3) is 8.37. The summed E-state index contributed by atoms with van der Waals surface area (Å²) in [5, 5.41) is 0. The van der Waals surface area contributed by atoms with Gasteiger partial charge >= 0.3 is 21.7 Å². The molecule has 0 saturated carbocycles. The first-order valence-electron chi connectivity index (χ1n) is 5.10. The fourth-order valence-corrected chi connectivity index (χ4v) is 1.27. The molecule has 0 amide bonds. The molecule has 0 bridgehead atoms. The molecule has 0 heterocycles. The molecule has 0 atom stereocenters. The number of allylic oxidation sites excluding steroid dienone is 8. The topological polar surface area (TPSA) is 0 Å². The standard InChI is InChI=1S/2C7H9.2BrH.Ti/c2*1-6-4-3-5-7(6)2;;;/h2*3H,4H2,1-2H3;2*1H;/q2*-1;;;+4/p-2. The Hall–Kier alpha value is 0.634. The summed E-state index contributed by atoms with van der Waals surface area (Å²) in [6.07, 6.45) is 12.6. The predicted molar refractivity (Wildman–Crippen MR) is 61.6 cm³/mol.